The lowest BCUT2D eigenvalue weighted by atomic mass is 10.1. The molecule has 0 aromatic rings. The van der Waals surface area contributed by atoms with Crippen LogP contribution in [-0.2, 0) is 38.1 Å². The lowest BCUT2D eigenvalue weighted by Gasteiger charge is -2.29. The molecule has 2 saturated heterocycles. The van der Waals surface area contributed by atoms with Gasteiger partial charge in [-0.15, -0.1) is 0 Å². The first-order valence-electron chi connectivity index (χ1n) is 6.17. The summed E-state index contributed by atoms with van der Waals surface area (Å²) in [4.78, 5) is 33.4. The molecule has 0 saturated carbocycles. The molecular weight excluding hydrogens is 272 g/mol. The van der Waals surface area contributed by atoms with E-state index in [-0.39, 0.29) is 6.61 Å². The van der Waals surface area contributed by atoms with Crippen LogP contribution in [0.2, 0.25) is 0 Å². The Labute approximate surface area is 115 Å². The Bertz CT molecular complexity index is 420. The summed E-state index contributed by atoms with van der Waals surface area (Å²) in [5, 5.41) is 0. The van der Waals surface area contributed by atoms with E-state index >= 15 is 0 Å². The fourth-order valence-electron chi connectivity index (χ4n) is 2.32. The van der Waals surface area contributed by atoms with Crippen LogP contribution in [0.15, 0.2) is 0 Å². The third-order valence-corrected chi connectivity index (χ3v) is 2.92. The third-order valence-electron chi connectivity index (χ3n) is 2.92. The van der Waals surface area contributed by atoms with Crippen molar-refractivity contribution in [1.29, 1.82) is 0 Å². The average Bonchev–Trinajstić information content (AvgIpc) is 2.57. The van der Waals surface area contributed by atoms with E-state index in [0.717, 1.165) is 0 Å². The molecule has 5 atom stereocenters. The smallest absolute Gasteiger partial charge is 0.303 e. The molecule has 0 aromatic heterocycles. The van der Waals surface area contributed by atoms with Crippen LogP contribution in [-0.4, -0.2) is 55.2 Å². The first kappa shape index (κ1) is 14.7. The van der Waals surface area contributed by atoms with Gasteiger partial charge in [0.15, 0.2) is 24.6 Å². The Hall–Kier alpha value is -1.67. The highest BCUT2D eigenvalue weighted by atomic mass is 16.8. The average molecular weight is 288 g/mol. The first-order valence-corrected chi connectivity index (χ1v) is 6.17. The minimum atomic E-state index is -0.873. The molecule has 0 N–H and O–H groups in total. The van der Waals surface area contributed by atoms with Crippen molar-refractivity contribution in [2.75, 3.05) is 6.61 Å². The molecule has 2 heterocycles. The van der Waals surface area contributed by atoms with E-state index in [1.165, 1.54) is 20.8 Å². The molecule has 2 aliphatic heterocycles. The molecule has 112 valence electrons. The summed E-state index contributed by atoms with van der Waals surface area (Å²) < 4.78 is 26.1. The number of hydrogen-bond donors (Lipinski definition) is 0. The van der Waals surface area contributed by atoms with Gasteiger partial charge in [-0.1, -0.05) is 0 Å². The predicted octanol–water partition coefficient (Wildman–Crippen LogP) is -0.463. The van der Waals surface area contributed by atoms with Gasteiger partial charge in [0.25, 0.3) is 0 Å². The third kappa shape index (κ3) is 3.07. The van der Waals surface area contributed by atoms with Crippen LogP contribution in [0.25, 0.3) is 0 Å². The maximum atomic E-state index is 11.2. The van der Waals surface area contributed by atoms with Crippen LogP contribution in [0.3, 0.4) is 0 Å². The summed E-state index contributed by atoms with van der Waals surface area (Å²) in [6.45, 7) is 3.81. The topological polar surface area (TPSA) is 97.4 Å². The molecule has 2 rings (SSSR count). The highest BCUT2D eigenvalue weighted by Gasteiger charge is 2.56. The van der Waals surface area contributed by atoms with Crippen molar-refractivity contribution in [3.05, 3.63) is 0 Å². The minimum Gasteiger partial charge on any atom is -0.457 e. The molecule has 2 fully saturated rings. The standard InChI is InChI=1S/C12H16O8/c1-5(13)17-8-4-16-12-11(19-7(3)15)10(9(8)20-12)18-6(2)14/h8-12H,4H2,1-3H3. The van der Waals surface area contributed by atoms with E-state index < -0.39 is 48.6 Å². The second kappa shape index (κ2) is 5.76. The van der Waals surface area contributed by atoms with Gasteiger partial charge in [0.1, 0.15) is 6.10 Å². The fourth-order valence-corrected chi connectivity index (χ4v) is 2.32. The number of carbonyl (C=O) groups is 3. The van der Waals surface area contributed by atoms with Crippen LogP contribution in [0.1, 0.15) is 20.8 Å². The predicted molar refractivity (Wildman–Crippen MR) is 61.3 cm³/mol. The van der Waals surface area contributed by atoms with Crippen molar-refractivity contribution in [1.82, 2.24) is 0 Å². The molecule has 20 heavy (non-hydrogen) atoms. The van der Waals surface area contributed by atoms with Crippen LogP contribution in [0, 0.1) is 0 Å². The Morgan fingerprint density at radius 1 is 0.900 bits per heavy atom. The Morgan fingerprint density at radius 3 is 2.00 bits per heavy atom. The van der Waals surface area contributed by atoms with Gasteiger partial charge in [0, 0.05) is 20.8 Å². The summed E-state index contributed by atoms with van der Waals surface area (Å²) in [6.07, 6.45) is -4.00. The molecule has 5 unspecified atom stereocenters. The van der Waals surface area contributed by atoms with Gasteiger partial charge in [0.2, 0.25) is 0 Å². The molecule has 0 aliphatic carbocycles. The summed E-state index contributed by atoms with van der Waals surface area (Å²) in [7, 11) is 0. The maximum absolute atomic E-state index is 11.2. The monoisotopic (exact) mass is 288 g/mol. The molecule has 8 nitrogen and oxygen atoms in total. The zero-order valence-corrected chi connectivity index (χ0v) is 11.4. The van der Waals surface area contributed by atoms with Crippen LogP contribution in [0.4, 0.5) is 0 Å². The van der Waals surface area contributed by atoms with Gasteiger partial charge in [-0.2, -0.15) is 0 Å². The van der Waals surface area contributed by atoms with Crippen LogP contribution >= 0.6 is 0 Å². The SMILES string of the molecule is CC(=O)OC1COC2OC1C(OC(C)=O)C2OC(C)=O. The molecule has 0 amide bonds. The summed E-state index contributed by atoms with van der Waals surface area (Å²) in [6, 6.07) is 0. The zero-order chi connectivity index (χ0) is 14.9. The van der Waals surface area contributed by atoms with Gasteiger partial charge in [-0.05, 0) is 0 Å². The van der Waals surface area contributed by atoms with E-state index in [9.17, 15) is 14.4 Å². The molecular formula is C12H16O8. The maximum Gasteiger partial charge on any atom is 0.303 e. The molecule has 0 spiro atoms. The van der Waals surface area contributed by atoms with Gasteiger partial charge in [-0.3, -0.25) is 14.4 Å². The Morgan fingerprint density at radius 2 is 1.45 bits per heavy atom. The highest BCUT2D eigenvalue weighted by molar-refractivity contribution is 5.68. The van der Waals surface area contributed by atoms with Crippen LogP contribution < -0.4 is 0 Å². The minimum absolute atomic E-state index is 0.0877. The Kier molecular flexibility index (Phi) is 4.24. The summed E-state index contributed by atoms with van der Waals surface area (Å²) >= 11 is 0. The van der Waals surface area contributed by atoms with Crippen molar-refractivity contribution >= 4 is 17.9 Å². The molecule has 8 heteroatoms. The number of carbonyl (C=O) groups excluding carboxylic acids is 3. The van der Waals surface area contributed by atoms with Crippen LogP contribution in [0.5, 0.6) is 0 Å². The first-order chi connectivity index (χ1) is 9.38. The second-order valence-electron chi connectivity index (χ2n) is 4.60. The van der Waals surface area contributed by atoms with E-state index in [0.29, 0.717) is 0 Å². The van der Waals surface area contributed by atoms with Crippen molar-refractivity contribution in [2.24, 2.45) is 0 Å². The van der Waals surface area contributed by atoms with Crippen molar-refractivity contribution in [3.8, 4) is 0 Å². The summed E-state index contributed by atoms with van der Waals surface area (Å²) in [5.74, 6) is -1.60. The van der Waals surface area contributed by atoms with E-state index in [4.69, 9.17) is 23.7 Å². The summed E-state index contributed by atoms with van der Waals surface area (Å²) in [5.41, 5.74) is 0. The molecule has 0 aromatic carbocycles. The lowest BCUT2D eigenvalue weighted by Crippen LogP contribution is -2.45. The van der Waals surface area contributed by atoms with Gasteiger partial charge in [-0.25, -0.2) is 0 Å². The number of fused-ring (bicyclic) bond motifs is 2. The number of rotatable bonds is 3. The van der Waals surface area contributed by atoms with E-state index in [1.54, 1.807) is 0 Å². The molecule has 2 aliphatic rings. The van der Waals surface area contributed by atoms with E-state index in [2.05, 4.69) is 0 Å². The van der Waals surface area contributed by atoms with Gasteiger partial charge < -0.3 is 23.7 Å². The lowest BCUT2D eigenvalue weighted by molar-refractivity contribution is -0.242. The normalized spacial score (nSPS) is 35.2. The zero-order valence-electron chi connectivity index (χ0n) is 11.4. The highest BCUT2D eigenvalue weighted by Crippen LogP contribution is 2.34. The van der Waals surface area contributed by atoms with Crippen molar-refractivity contribution in [2.45, 2.75) is 51.5 Å². The second-order valence-corrected chi connectivity index (χ2v) is 4.60. The molecule has 0 radical (unpaired) electrons. The Balaban J connectivity index is 2.17. The quantitative estimate of drug-likeness (QED) is 0.508. The van der Waals surface area contributed by atoms with Gasteiger partial charge >= 0.3 is 17.9 Å². The number of hydrogen-bond acceptors (Lipinski definition) is 8. The molecule has 2 bridgehead atoms. The van der Waals surface area contributed by atoms with Crippen molar-refractivity contribution < 1.29 is 38.1 Å². The number of esters is 3. The number of ether oxygens (including phenoxy) is 5. The fraction of sp³-hybridized carbons (Fsp3) is 0.750. The van der Waals surface area contributed by atoms with Gasteiger partial charge in [0.05, 0.1) is 6.61 Å². The van der Waals surface area contributed by atoms with E-state index in [1.807, 2.05) is 0 Å². The van der Waals surface area contributed by atoms with Crippen molar-refractivity contribution in [3.63, 3.8) is 0 Å². The largest absolute Gasteiger partial charge is 0.457 e.